The molecule has 0 fully saturated rings. The zero-order valence-electron chi connectivity index (χ0n) is 9.15. The third kappa shape index (κ3) is 2.63. The highest BCUT2D eigenvalue weighted by molar-refractivity contribution is 9.10. The van der Waals surface area contributed by atoms with Crippen LogP contribution < -0.4 is 11.1 Å². The quantitative estimate of drug-likeness (QED) is 0.832. The topological polar surface area (TPSA) is 68.0 Å². The SMILES string of the molecule is Nc1cccc(Cl)c1C(=O)Nc1ccncc1Br. The molecule has 6 heteroatoms. The maximum absolute atomic E-state index is 12.1. The molecule has 0 radical (unpaired) electrons. The molecule has 0 saturated carbocycles. The lowest BCUT2D eigenvalue weighted by Gasteiger charge is -2.09. The summed E-state index contributed by atoms with van der Waals surface area (Å²) >= 11 is 9.26. The van der Waals surface area contributed by atoms with Gasteiger partial charge in [0.1, 0.15) is 0 Å². The van der Waals surface area contributed by atoms with Crippen molar-refractivity contribution in [3.63, 3.8) is 0 Å². The van der Waals surface area contributed by atoms with Crippen LogP contribution in [0.5, 0.6) is 0 Å². The van der Waals surface area contributed by atoms with Crippen molar-refractivity contribution in [2.75, 3.05) is 11.1 Å². The van der Waals surface area contributed by atoms with Crippen molar-refractivity contribution in [3.8, 4) is 0 Å². The van der Waals surface area contributed by atoms with Gasteiger partial charge in [0.15, 0.2) is 0 Å². The van der Waals surface area contributed by atoms with Crippen LogP contribution in [0.1, 0.15) is 10.4 Å². The number of amides is 1. The van der Waals surface area contributed by atoms with Crippen molar-refractivity contribution >= 4 is 44.8 Å². The minimum atomic E-state index is -0.356. The number of benzene rings is 1. The summed E-state index contributed by atoms with van der Waals surface area (Å²) in [7, 11) is 0. The van der Waals surface area contributed by atoms with Crippen LogP contribution in [0.25, 0.3) is 0 Å². The molecular weight excluding hydrogens is 318 g/mol. The monoisotopic (exact) mass is 325 g/mol. The van der Waals surface area contributed by atoms with Gasteiger partial charge < -0.3 is 11.1 Å². The number of nitrogens with two attached hydrogens (primary N) is 1. The molecule has 0 aliphatic rings. The molecule has 0 bridgehead atoms. The van der Waals surface area contributed by atoms with Gasteiger partial charge in [0.2, 0.25) is 0 Å². The molecule has 0 spiro atoms. The predicted molar refractivity (Wildman–Crippen MR) is 75.8 cm³/mol. The molecule has 2 aromatic rings. The van der Waals surface area contributed by atoms with E-state index < -0.39 is 0 Å². The Balaban J connectivity index is 2.31. The molecule has 4 nitrogen and oxygen atoms in total. The van der Waals surface area contributed by atoms with E-state index in [9.17, 15) is 4.79 Å². The summed E-state index contributed by atoms with van der Waals surface area (Å²) in [6.45, 7) is 0. The van der Waals surface area contributed by atoms with Crippen LogP contribution in [-0.2, 0) is 0 Å². The number of hydrogen-bond donors (Lipinski definition) is 2. The van der Waals surface area contributed by atoms with Gasteiger partial charge in [-0.15, -0.1) is 0 Å². The first kappa shape index (κ1) is 12.9. The van der Waals surface area contributed by atoms with Crippen molar-refractivity contribution in [2.24, 2.45) is 0 Å². The average molecular weight is 327 g/mol. The van der Waals surface area contributed by atoms with Crippen LogP contribution in [0.3, 0.4) is 0 Å². The fraction of sp³-hybridized carbons (Fsp3) is 0. The Morgan fingerprint density at radius 3 is 2.83 bits per heavy atom. The fourth-order valence-electron chi connectivity index (χ4n) is 1.44. The van der Waals surface area contributed by atoms with Crippen LogP contribution in [0.15, 0.2) is 41.1 Å². The van der Waals surface area contributed by atoms with E-state index in [4.69, 9.17) is 17.3 Å². The minimum Gasteiger partial charge on any atom is -0.398 e. The first-order chi connectivity index (χ1) is 8.59. The molecule has 1 aromatic carbocycles. The molecule has 0 aliphatic heterocycles. The lowest BCUT2D eigenvalue weighted by molar-refractivity contribution is 0.102. The van der Waals surface area contributed by atoms with Crippen LogP contribution >= 0.6 is 27.5 Å². The highest BCUT2D eigenvalue weighted by Crippen LogP contribution is 2.25. The molecule has 0 saturated heterocycles. The van der Waals surface area contributed by atoms with Crippen LogP contribution in [0.4, 0.5) is 11.4 Å². The molecule has 2 rings (SSSR count). The fourth-order valence-corrected chi connectivity index (χ4v) is 2.06. The van der Waals surface area contributed by atoms with Crippen molar-refractivity contribution < 1.29 is 4.79 Å². The summed E-state index contributed by atoms with van der Waals surface area (Å²) in [6, 6.07) is 6.61. The lowest BCUT2D eigenvalue weighted by atomic mass is 10.1. The average Bonchev–Trinajstić information content (AvgIpc) is 2.32. The van der Waals surface area contributed by atoms with Gasteiger partial charge in [0.25, 0.3) is 5.91 Å². The molecule has 0 aliphatic carbocycles. The summed E-state index contributed by atoms with van der Waals surface area (Å²) in [5.74, 6) is -0.356. The summed E-state index contributed by atoms with van der Waals surface area (Å²) in [5, 5.41) is 3.04. The zero-order chi connectivity index (χ0) is 13.1. The molecule has 0 atom stereocenters. The Morgan fingerprint density at radius 2 is 2.17 bits per heavy atom. The smallest absolute Gasteiger partial charge is 0.259 e. The van der Waals surface area contributed by atoms with E-state index in [0.717, 1.165) is 0 Å². The number of hydrogen-bond acceptors (Lipinski definition) is 3. The summed E-state index contributed by atoms with van der Waals surface area (Å²) in [6.07, 6.45) is 3.17. The van der Waals surface area contributed by atoms with E-state index in [2.05, 4.69) is 26.2 Å². The van der Waals surface area contributed by atoms with E-state index in [1.807, 2.05) is 0 Å². The largest absolute Gasteiger partial charge is 0.398 e. The molecule has 1 amide bonds. The third-order valence-electron chi connectivity index (χ3n) is 2.29. The van der Waals surface area contributed by atoms with E-state index in [0.29, 0.717) is 20.9 Å². The normalized spacial score (nSPS) is 10.1. The van der Waals surface area contributed by atoms with Gasteiger partial charge in [-0.05, 0) is 34.1 Å². The highest BCUT2D eigenvalue weighted by Gasteiger charge is 2.14. The Morgan fingerprint density at radius 1 is 1.39 bits per heavy atom. The van der Waals surface area contributed by atoms with Crippen molar-refractivity contribution in [2.45, 2.75) is 0 Å². The minimum absolute atomic E-state index is 0.267. The van der Waals surface area contributed by atoms with Gasteiger partial charge in [0, 0.05) is 18.1 Å². The third-order valence-corrected chi connectivity index (χ3v) is 3.24. The number of carbonyl (C=O) groups excluding carboxylic acids is 1. The number of anilines is 2. The Labute approximate surface area is 117 Å². The van der Waals surface area contributed by atoms with E-state index in [1.54, 1.807) is 36.7 Å². The molecule has 0 unspecified atom stereocenters. The molecule has 1 heterocycles. The van der Waals surface area contributed by atoms with E-state index in [-0.39, 0.29) is 11.5 Å². The predicted octanol–water partition coefficient (Wildman–Crippen LogP) is 3.33. The van der Waals surface area contributed by atoms with Gasteiger partial charge in [0.05, 0.1) is 20.7 Å². The number of pyridine rings is 1. The van der Waals surface area contributed by atoms with Gasteiger partial charge in [-0.3, -0.25) is 9.78 Å². The summed E-state index contributed by atoms with van der Waals surface area (Å²) in [4.78, 5) is 16.0. The number of halogens is 2. The Hall–Kier alpha value is -1.59. The highest BCUT2D eigenvalue weighted by atomic mass is 79.9. The standard InChI is InChI=1S/C12H9BrClN3O/c13-7-6-16-5-4-10(7)17-12(18)11-8(14)2-1-3-9(11)15/h1-6H,15H2,(H,16,17,18). The molecule has 3 N–H and O–H groups in total. The van der Waals surface area contributed by atoms with Crippen molar-refractivity contribution in [3.05, 3.63) is 51.7 Å². The maximum atomic E-state index is 12.1. The second kappa shape index (κ2) is 5.37. The number of aromatic nitrogens is 1. The van der Waals surface area contributed by atoms with Crippen LogP contribution in [0.2, 0.25) is 5.02 Å². The first-order valence-corrected chi connectivity index (χ1v) is 6.21. The number of nitrogens with zero attached hydrogens (tertiary/aromatic N) is 1. The molecule has 92 valence electrons. The Bertz CT molecular complexity index is 583. The summed E-state index contributed by atoms with van der Waals surface area (Å²) < 4.78 is 0.684. The molecular formula is C12H9BrClN3O. The second-order valence-corrected chi connectivity index (χ2v) is 4.78. The zero-order valence-corrected chi connectivity index (χ0v) is 11.5. The van der Waals surface area contributed by atoms with Gasteiger partial charge in [-0.2, -0.15) is 0 Å². The maximum Gasteiger partial charge on any atom is 0.259 e. The van der Waals surface area contributed by atoms with Crippen LogP contribution in [0, 0.1) is 0 Å². The van der Waals surface area contributed by atoms with Gasteiger partial charge >= 0.3 is 0 Å². The first-order valence-electron chi connectivity index (χ1n) is 5.04. The summed E-state index contributed by atoms with van der Waals surface area (Å²) in [5.41, 5.74) is 6.96. The molecule has 18 heavy (non-hydrogen) atoms. The van der Waals surface area contributed by atoms with E-state index in [1.165, 1.54) is 0 Å². The lowest BCUT2D eigenvalue weighted by Crippen LogP contribution is -2.15. The van der Waals surface area contributed by atoms with Crippen molar-refractivity contribution in [1.29, 1.82) is 0 Å². The van der Waals surface area contributed by atoms with Crippen LogP contribution in [-0.4, -0.2) is 10.9 Å². The van der Waals surface area contributed by atoms with Crippen molar-refractivity contribution in [1.82, 2.24) is 4.98 Å². The van der Waals surface area contributed by atoms with E-state index >= 15 is 0 Å². The second-order valence-electron chi connectivity index (χ2n) is 3.51. The number of nitrogens with one attached hydrogen (secondary N) is 1. The molecule has 1 aromatic heterocycles. The number of rotatable bonds is 2. The van der Waals surface area contributed by atoms with Gasteiger partial charge in [-0.25, -0.2) is 0 Å². The van der Waals surface area contributed by atoms with Gasteiger partial charge in [-0.1, -0.05) is 17.7 Å². The number of nitrogen functional groups attached to an aromatic ring is 1. The number of carbonyl (C=O) groups is 1. The Kier molecular flexibility index (Phi) is 3.84.